The summed E-state index contributed by atoms with van der Waals surface area (Å²) in [6, 6.07) is 2.06. The van der Waals surface area contributed by atoms with E-state index < -0.39 is 0 Å². The van der Waals surface area contributed by atoms with E-state index in [0.717, 1.165) is 43.9 Å². The minimum Gasteiger partial charge on any atom is -0.381 e. The van der Waals surface area contributed by atoms with Crippen molar-refractivity contribution in [3.63, 3.8) is 0 Å². The van der Waals surface area contributed by atoms with Gasteiger partial charge in [0.25, 0.3) is 0 Å². The molecule has 1 aromatic heterocycles. The Morgan fingerprint density at radius 1 is 1.56 bits per heavy atom. The van der Waals surface area contributed by atoms with E-state index in [2.05, 4.69) is 11.2 Å². The van der Waals surface area contributed by atoms with Crippen LogP contribution in [-0.2, 0) is 22.9 Å². The van der Waals surface area contributed by atoms with E-state index in [1.54, 1.807) is 7.11 Å². The predicted molar refractivity (Wildman–Crippen MR) is 69.4 cm³/mol. The fraction of sp³-hybridized carbons (Fsp3) is 0.769. The van der Waals surface area contributed by atoms with Crippen molar-refractivity contribution in [3.8, 4) is 0 Å². The van der Waals surface area contributed by atoms with Crippen molar-refractivity contribution in [2.75, 3.05) is 20.3 Å². The van der Waals surface area contributed by atoms with Crippen LogP contribution in [0.15, 0.2) is 6.07 Å². The third-order valence-corrected chi connectivity index (χ3v) is 3.95. The van der Waals surface area contributed by atoms with Crippen LogP contribution in [0.4, 0.5) is 0 Å². The van der Waals surface area contributed by atoms with Crippen molar-refractivity contribution in [2.24, 2.45) is 12.8 Å². The summed E-state index contributed by atoms with van der Waals surface area (Å²) in [7, 11) is 3.71. The molecule has 0 amide bonds. The number of rotatable bonds is 4. The van der Waals surface area contributed by atoms with E-state index in [9.17, 15) is 0 Å². The number of aromatic nitrogens is 2. The summed E-state index contributed by atoms with van der Waals surface area (Å²) in [5, 5.41) is 4.35. The number of aryl methyl sites for hydroxylation is 2. The van der Waals surface area contributed by atoms with Crippen molar-refractivity contribution in [3.05, 3.63) is 17.5 Å². The molecule has 0 aromatic carbocycles. The Morgan fingerprint density at radius 3 is 2.72 bits per heavy atom. The maximum Gasteiger partial charge on any atom is 0.0876 e. The molecule has 1 aliphatic heterocycles. The van der Waals surface area contributed by atoms with Gasteiger partial charge in [-0.05, 0) is 13.0 Å². The van der Waals surface area contributed by atoms with Gasteiger partial charge in [-0.15, -0.1) is 0 Å². The lowest BCUT2D eigenvalue weighted by Gasteiger charge is -2.40. The molecule has 1 atom stereocenters. The maximum atomic E-state index is 6.38. The molecule has 1 fully saturated rings. The number of methoxy groups -OCH3 is 1. The zero-order valence-corrected chi connectivity index (χ0v) is 11.5. The molecule has 0 radical (unpaired) electrons. The fourth-order valence-electron chi connectivity index (χ4n) is 2.71. The first-order valence-corrected chi connectivity index (χ1v) is 6.45. The molecule has 2 rings (SSSR count). The van der Waals surface area contributed by atoms with E-state index in [-0.39, 0.29) is 11.6 Å². The van der Waals surface area contributed by atoms with E-state index in [4.69, 9.17) is 15.2 Å². The van der Waals surface area contributed by atoms with Crippen LogP contribution in [0.25, 0.3) is 0 Å². The second kappa shape index (κ2) is 5.38. The molecule has 1 saturated heterocycles. The molecule has 0 aliphatic carbocycles. The van der Waals surface area contributed by atoms with Gasteiger partial charge in [0.15, 0.2) is 0 Å². The highest BCUT2D eigenvalue weighted by atomic mass is 16.5. The Hall–Kier alpha value is -0.910. The first-order valence-electron chi connectivity index (χ1n) is 6.45. The smallest absolute Gasteiger partial charge is 0.0876 e. The number of hydrogen-bond donors (Lipinski definition) is 1. The largest absolute Gasteiger partial charge is 0.381 e. The second-order valence-electron chi connectivity index (χ2n) is 5.09. The van der Waals surface area contributed by atoms with Crippen LogP contribution in [-0.4, -0.2) is 41.7 Å². The molecule has 2 N–H and O–H groups in total. The molecule has 1 aromatic rings. The van der Waals surface area contributed by atoms with Gasteiger partial charge >= 0.3 is 0 Å². The fourth-order valence-corrected chi connectivity index (χ4v) is 2.71. The molecule has 102 valence electrons. The Morgan fingerprint density at radius 2 is 2.22 bits per heavy atom. The van der Waals surface area contributed by atoms with Gasteiger partial charge in [-0.25, -0.2) is 0 Å². The predicted octanol–water partition coefficient (Wildman–Crippen LogP) is 0.794. The monoisotopic (exact) mass is 253 g/mol. The highest BCUT2D eigenvalue weighted by Gasteiger charge is 2.38. The number of hydrogen-bond acceptors (Lipinski definition) is 4. The summed E-state index contributed by atoms with van der Waals surface area (Å²) in [5.74, 6) is 0. The Labute approximate surface area is 108 Å². The van der Waals surface area contributed by atoms with Crippen LogP contribution in [0.1, 0.15) is 24.2 Å². The first kappa shape index (κ1) is 13.5. The molecular weight excluding hydrogens is 230 g/mol. The van der Waals surface area contributed by atoms with Gasteiger partial charge < -0.3 is 15.2 Å². The van der Waals surface area contributed by atoms with Crippen LogP contribution in [0.2, 0.25) is 0 Å². The van der Waals surface area contributed by atoms with Gasteiger partial charge in [-0.1, -0.05) is 0 Å². The Balaban J connectivity index is 2.10. The molecule has 5 nitrogen and oxygen atoms in total. The zero-order chi connectivity index (χ0) is 13.2. The van der Waals surface area contributed by atoms with E-state index in [1.165, 1.54) is 0 Å². The Bertz CT molecular complexity index is 397. The second-order valence-corrected chi connectivity index (χ2v) is 5.09. The highest BCUT2D eigenvalue weighted by Crippen LogP contribution is 2.29. The van der Waals surface area contributed by atoms with Gasteiger partial charge in [0.05, 0.1) is 11.3 Å². The lowest BCUT2D eigenvalue weighted by molar-refractivity contribution is -0.104. The number of nitrogens with zero attached hydrogens (tertiary/aromatic N) is 2. The molecule has 0 spiro atoms. The van der Waals surface area contributed by atoms with Crippen molar-refractivity contribution in [2.45, 2.75) is 37.8 Å². The molecular formula is C13H23N3O2. The number of nitrogens with two attached hydrogens (primary N) is 1. The van der Waals surface area contributed by atoms with Gasteiger partial charge in [-0.3, -0.25) is 4.68 Å². The highest BCUT2D eigenvalue weighted by molar-refractivity contribution is 5.12. The van der Waals surface area contributed by atoms with Crippen molar-refractivity contribution in [1.29, 1.82) is 0 Å². The average Bonchev–Trinajstić information content (AvgIpc) is 2.68. The summed E-state index contributed by atoms with van der Waals surface area (Å²) in [5.41, 5.74) is 8.31. The maximum absolute atomic E-state index is 6.38. The summed E-state index contributed by atoms with van der Waals surface area (Å²) in [6.07, 6.45) is 2.51. The average molecular weight is 253 g/mol. The quantitative estimate of drug-likeness (QED) is 0.862. The van der Waals surface area contributed by atoms with Crippen LogP contribution in [0.5, 0.6) is 0 Å². The minimum absolute atomic E-state index is 0.0267. The molecule has 1 aliphatic rings. The summed E-state index contributed by atoms with van der Waals surface area (Å²) < 4.78 is 13.0. The third kappa shape index (κ3) is 2.58. The summed E-state index contributed by atoms with van der Waals surface area (Å²) >= 11 is 0. The van der Waals surface area contributed by atoms with Crippen molar-refractivity contribution >= 4 is 0 Å². The third-order valence-electron chi connectivity index (χ3n) is 3.95. The molecule has 0 bridgehead atoms. The van der Waals surface area contributed by atoms with Gasteiger partial charge in [-0.2, -0.15) is 5.10 Å². The minimum atomic E-state index is -0.254. The van der Waals surface area contributed by atoms with E-state index >= 15 is 0 Å². The van der Waals surface area contributed by atoms with Gasteiger partial charge in [0.2, 0.25) is 0 Å². The van der Waals surface area contributed by atoms with E-state index in [0.29, 0.717) is 0 Å². The zero-order valence-electron chi connectivity index (χ0n) is 11.5. The molecule has 1 unspecified atom stereocenters. The lowest BCUT2D eigenvalue weighted by Crippen LogP contribution is -2.54. The number of ether oxygens (including phenoxy) is 2. The van der Waals surface area contributed by atoms with E-state index in [1.807, 2.05) is 18.7 Å². The summed E-state index contributed by atoms with van der Waals surface area (Å²) in [6.45, 7) is 3.45. The SMILES string of the molecule is COC1(C(N)Cc2cc(C)nn2C)CCOCC1. The first-order chi connectivity index (χ1) is 8.57. The van der Waals surface area contributed by atoms with Crippen LogP contribution < -0.4 is 5.73 Å². The molecule has 2 heterocycles. The van der Waals surface area contributed by atoms with Gasteiger partial charge in [0.1, 0.15) is 0 Å². The van der Waals surface area contributed by atoms with Crippen LogP contribution in [0.3, 0.4) is 0 Å². The summed E-state index contributed by atoms with van der Waals surface area (Å²) in [4.78, 5) is 0. The van der Waals surface area contributed by atoms with Crippen LogP contribution >= 0.6 is 0 Å². The van der Waals surface area contributed by atoms with Crippen molar-refractivity contribution < 1.29 is 9.47 Å². The van der Waals surface area contributed by atoms with Crippen LogP contribution in [0, 0.1) is 6.92 Å². The molecule has 5 heteroatoms. The molecule has 0 saturated carbocycles. The normalized spacial score (nSPS) is 20.9. The topological polar surface area (TPSA) is 62.3 Å². The standard InChI is InChI=1S/C13H23N3O2/c1-10-8-11(16(2)15-10)9-12(14)13(17-3)4-6-18-7-5-13/h8,12H,4-7,9,14H2,1-3H3. The van der Waals surface area contributed by atoms with Crippen molar-refractivity contribution in [1.82, 2.24) is 9.78 Å². The Kier molecular flexibility index (Phi) is 4.04. The lowest BCUT2D eigenvalue weighted by atomic mass is 9.84. The van der Waals surface area contributed by atoms with Gasteiger partial charge in [0, 0.05) is 58.4 Å². The molecule has 18 heavy (non-hydrogen) atoms.